The fourth-order valence-electron chi connectivity index (χ4n) is 1.80. The fourth-order valence-corrected chi connectivity index (χ4v) is 1.80. The lowest BCUT2D eigenvalue weighted by Gasteiger charge is -2.02. The van der Waals surface area contributed by atoms with Crippen LogP contribution >= 0.6 is 0 Å². The van der Waals surface area contributed by atoms with Gasteiger partial charge in [0.2, 0.25) is 0 Å². The number of rotatable bonds is 6. The Hall–Kier alpha value is -1.97. The van der Waals surface area contributed by atoms with Gasteiger partial charge in [-0.25, -0.2) is 9.37 Å². The van der Waals surface area contributed by atoms with Gasteiger partial charge in [-0.3, -0.25) is 4.79 Å². The van der Waals surface area contributed by atoms with Crippen LogP contribution in [0, 0.1) is 5.82 Å². The first-order valence-corrected chi connectivity index (χ1v) is 5.96. The quantitative estimate of drug-likeness (QED) is 0.785. The smallest absolute Gasteiger partial charge is 0.152 e. The highest BCUT2D eigenvalue weighted by Crippen LogP contribution is 2.07. The Kier molecular flexibility index (Phi) is 4.23. The molecule has 1 aromatic heterocycles. The van der Waals surface area contributed by atoms with Crippen molar-refractivity contribution in [2.24, 2.45) is 0 Å². The van der Waals surface area contributed by atoms with Crippen molar-refractivity contribution in [1.29, 1.82) is 0 Å². The van der Waals surface area contributed by atoms with Gasteiger partial charge in [-0.1, -0.05) is 12.1 Å². The second-order valence-electron chi connectivity index (χ2n) is 4.25. The summed E-state index contributed by atoms with van der Waals surface area (Å²) in [6.45, 7) is 0.378. The van der Waals surface area contributed by atoms with Crippen molar-refractivity contribution >= 4 is 5.78 Å². The van der Waals surface area contributed by atoms with Crippen LogP contribution in [0.2, 0.25) is 0 Å². The first-order valence-electron chi connectivity index (χ1n) is 5.96. The van der Waals surface area contributed by atoms with E-state index in [-0.39, 0.29) is 11.6 Å². The normalized spacial score (nSPS) is 10.5. The number of carbonyl (C=O) groups is 1. The lowest BCUT2D eigenvalue weighted by atomic mass is 10.1. The monoisotopic (exact) mass is 246 g/mol. The van der Waals surface area contributed by atoms with Crippen molar-refractivity contribution in [3.63, 3.8) is 0 Å². The largest absolute Gasteiger partial charge is 0.330 e. The molecule has 18 heavy (non-hydrogen) atoms. The summed E-state index contributed by atoms with van der Waals surface area (Å²) in [7, 11) is 0. The van der Waals surface area contributed by atoms with Gasteiger partial charge in [0.25, 0.3) is 0 Å². The molecule has 94 valence electrons. The van der Waals surface area contributed by atoms with Crippen molar-refractivity contribution < 1.29 is 9.18 Å². The van der Waals surface area contributed by atoms with E-state index in [4.69, 9.17) is 0 Å². The molecular weight excluding hydrogens is 231 g/mol. The average Bonchev–Trinajstić information content (AvgIpc) is 2.84. The minimum atomic E-state index is -0.227. The molecule has 0 aliphatic heterocycles. The molecule has 2 rings (SSSR count). The highest BCUT2D eigenvalue weighted by molar-refractivity contribution is 5.78. The topological polar surface area (TPSA) is 34.9 Å². The van der Waals surface area contributed by atoms with Crippen LogP contribution in [0.3, 0.4) is 0 Å². The fraction of sp³-hybridized carbons (Fsp3) is 0.286. The summed E-state index contributed by atoms with van der Waals surface area (Å²) in [6, 6.07) is 6.41. The Morgan fingerprint density at radius 3 is 2.72 bits per heavy atom. The summed E-state index contributed by atoms with van der Waals surface area (Å²) < 4.78 is 14.5. The molecule has 0 bridgehead atoms. The summed E-state index contributed by atoms with van der Waals surface area (Å²) in [5, 5.41) is 0. The van der Waals surface area contributed by atoms with Crippen molar-refractivity contribution in [3.8, 4) is 0 Å². The highest BCUT2D eigenvalue weighted by Gasteiger charge is 2.03. The van der Waals surface area contributed by atoms with Gasteiger partial charge in [0.1, 0.15) is 5.82 Å². The van der Waals surface area contributed by atoms with Crippen molar-refractivity contribution in [1.82, 2.24) is 9.55 Å². The number of aryl methyl sites for hydroxylation is 1. The van der Waals surface area contributed by atoms with E-state index in [1.54, 1.807) is 35.4 Å². The molecule has 0 atom stereocenters. The zero-order valence-electron chi connectivity index (χ0n) is 10.1. The highest BCUT2D eigenvalue weighted by atomic mass is 19.1. The maximum absolute atomic E-state index is 12.7. The van der Waals surface area contributed by atoms with Crippen LogP contribution in [0.25, 0.3) is 0 Å². The predicted octanol–water partition coefficient (Wildman–Crippen LogP) is 2.61. The summed E-state index contributed by atoms with van der Waals surface area (Å²) in [5.74, 6) is -0.0370. The number of benzene rings is 1. The molecule has 1 aromatic carbocycles. The summed E-state index contributed by atoms with van der Waals surface area (Å²) in [4.78, 5) is 15.5. The van der Waals surface area contributed by atoms with E-state index in [0.717, 1.165) is 18.4 Å². The van der Waals surface area contributed by atoms with Crippen LogP contribution in [0.1, 0.15) is 18.4 Å². The number of hydrogen-bond donors (Lipinski definition) is 0. The molecule has 2 aromatic rings. The zero-order valence-corrected chi connectivity index (χ0v) is 10.1. The predicted molar refractivity (Wildman–Crippen MR) is 66.6 cm³/mol. The molecule has 0 aliphatic carbocycles. The van der Waals surface area contributed by atoms with Crippen LogP contribution in [-0.4, -0.2) is 15.3 Å². The van der Waals surface area contributed by atoms with Crippen LogP contribution in [-0.2, 0) is 17.8 Å². The van der Waals surface area contributed by atoms with Crippen molar-refractivity contribution in [2.75, 3.05) is 0 Å². The number of nitrogens with zero attached hydrogens (tertiary/aromatic N) is 2. The summed E-state index contributed by atoms with van der Waals surface area (Å²) in [5.41, 5.74) is 1.06. The molecule has 0 fully saturated rings. The number of aromatic nitrogens is 2. The molecule has 0 spiro atoms. The Morgan fingerprint density at radius 1 is 1.28 bits per heavy atom. The van der Waals surface area contributed by atoms with E-state index < -0.39 is 0 Å². The van der Waals surface area contributed by atoms with E-state index in [0.29, 0.717) is 13.0 Å². The average molecular weight is 246 g/mol. The van der Waals surface area contributed by atoms with Gasteiger partial charge in [0, 0.05) is 18.8 Å². The van der Waals surface area contributed by atoms with E-state index in [1.165, 1.54) is 12.1 Å². The van der Waals surface area contributed by atoms with Crippen LogP contribution in [0.5, 0.6) is 0 Å². The second-order valence-corrected chi connectivity index (χ2v) is 4.25. The maximum atomic E-state index is 12.7. The maximum Gasteiger partial charge on any atom is 0.152 e. The first-order chi connectivity index (χ1) is 8.74. The molecule has 0 amide bonds. The number of Topliss-reactive ketones (excluding diaryl/α,β-unsaturated/α-hetero) is 1. The van der Waals surface area contributed by atoms with Gasteiger partial charge >= 0.3 is 0 Å². The van der Waals surface area contributed by atoms with E-state index in [1.807, 2.05) is 0 Å². The Bertz CT molecular complexity index is 491. The molecule has 0 N–H and O–H groups in total. The molecule has 0 unspecified atom stereocenters. The minimum absolute atomic E-state index is 0.190. The lowest BCUT2D eigenvalue weighted by Crippen LogP contribution is -2.08. The van der Waals surface area contributed by atoms with Gasteiger partial charge in [-0.2, -0.15) is 0 Å². The third kappa shape index (κ3) is 3.80. The van der Waals surface area contributed by atoms with Crippen LogP contribution < -0.4 is 0 Å². The summed E-state index contributed by atoms with van der Waals surface area (Å²) >= 11 is 0. The second kappa shape index (κ2) is 6.10. The van der Waals surface area contributed by atoms with Gasteiger partial charge in [0.15, 0.2) is 5.78 Å². The van der Waals surface area contributed by atoms with Gasteiger partial charge in [0.05, 0.1) is 12.9 Å². The molecule has 4 heteroatoms. The molecule has 0 radical (unpaired) electrons. The Labute approximate surface area is 105 Å². The lowest BCUT2D eigenvalue weighted by molar-refractivity contribution is -0.119. The number of hydrogen-bond acceptors (Lipinski definition) is 2. The molecule has 0 saturated carbocycles. The number of carbonyl (C=O) groups excluding carboxylic acids is 1. The van der Waals surface area contributed by atoms with E-state index in [9.17, 15) is 9.18 Å². The molecule has 1 heterocycles. The first kappa shape index (κ1) is 12.5. The van der Waals surface area contributed by atoms with Crippen LogP contribution in [0.4, 0.5) is 4.39 Å². The van der Waals surface area contributed by atoms with Gasteiger partial charge in [-0.05, 0) is 30.5 Å². The summed E-state index contributed by atoms with van der Waals surface area (Å²) in [6.07, 6.45) is 7.20. The van der Waals surface area contributed by atoms with E-state index in [2.05, 4.69) is 4.98 Å². The molecular formula is C14H15FN2O. The molecule has 0 aliphatic rings. The van der Waals surface area contributed by atoms with Crippen LogP contribution in [0.15, 0.2) is 43.0 Å². The third-order valence-corrected chi connectivity index (χ3v) is 2.75. The molecule has 0 saturated heterocycles. The standard InChI is InChI=1S/C14H15FN2O/c15-13-6-4-12(5-7-13)2-1-3-14(18)10-17-9-8-16-11-17/h4-9,11H,1-3,10H2. The van der Waals surface area contributed by atoms with E-state index >= 15 is 0 Å². The van der Waals surface area contributed by atoms with Gasteiger partial charge < -0.3 is 4.57 Å². The Morgan fingerprint density at radius 2 is 2.06 bits per heavy atom. The molecule has 3 nitrogen and oxygen atoms in total. The number of imidazole rings is 1. The van der Waals surface area contributed by atoms with Crippen molar-refractivity contribution in [2.45, 2.75) is 25.8 Å². The van der Waals surface area contributed by atoms with Gasteiger partial charge in [-0.15, -0.1) is 0 Å². The zero-order chi connectivity index (χ0) is 12.8. The van der Waals surface area contributed by atoms with Crippen molar-refractivity contribution in [3.05, 3.63) is 54.4 Å². The number of ketones is 1. The Balaban J connectivity index is 1.72. The minimum Gasteiger partial charge on any atom is -0.330 e. The third-order valence-electron chi connectivity index (χ3n) is 2.75. The number of halogens is 1. The SMILES string of the molecule is O=C(CCCc1ccc(F)cc1)Cn1ccnc1.